The Bertz CT molecular complexity index is 1090. The van der Waals surface area contributed by atoms with Crippen LogP contribution in [-0.2, 0) is 6.42 Å². The fourth-order valence-corrected chi connectivity index (χ4v) is 3.58. The Morgan fingerprint density at radius 2 is 1.77 bits per heavy atom. The van der Waals surface area contributed by atoms with E-state index in [0.29, 0.717) is 10.9 Å². The van der Waals surface area contributed by atoms with Crippen molar-refractivity contribution in [3.8, 4) is 5.75 Å². The van der Waals surface area contributed by atoms with Crippen LogP contribution in [0.15, 0.2) is 70.2 Å². The summed E-state index contributed by atoms with van der Waals surface area (Å²) in [5.74, 6) is 0.926. The molecule has 1 aromatic heterocycles. The molecule has 152 valence electrons. The molecule has 4 rings (SSSR count). The Kier molecular flexibility index (Phi) is 5.90. The summed E-state index contributed by atoms with van der Waals surface area (Å²) in [5.41, 5.74) is 6.18. The second-order valence-corrected chi connectivity index (χ2v) is 7.31. The highest BCUT2D eigenvalue weighted by atomic mass is 32.1. The zero-order valence-electron chi connectivity index (χ0n) is 16.5. The normalized spacial score (nSPS) is 14.1. The van der Waals surface area contributed by atoms with E-state index in [-0.39, 0.29) is 5.76 Å². The molecule has 2 aromatic carbocycles. The van der Waals surface area contributed by atoms with E-state index in [1.165, 1.54) is 0 Å². The minimum absolute atomic E-state index is 0.212. The number of aryl methyl sites for hydroxylation is 1. The molecule has 2 N–H and O–H groups in total. The second-order valence-electron chi connectivity index (χ2n) is 6.90. The fraction of sp³-hybridized carbons (Fsp3) is 0.174. The molecule has 0 saturated heterocycles. The number of nitrogens with one attached hydrogen (secondary N) is 2. The number of benzene rings is 2. The number of hydrogen-bond donors (Lipinski definition) is 2. The van der Waals surface area contributed by atoms with E-state index < -0.39 is 5.97 Å². The summed E-state index contributed by atoms with van der Waals surface area (Å²) in [7, 11) is 0. The second kappa shape index (κ2) is 8.92. The van der Waals surface area contributed by atoms with Crippen molar-refractivity contribution >= 4 is 34.7 Å². The van der Waals surface area contributed by atoms with Gasteiger partial charge in [-0.1, -0.05) is 36.4 Å². The Balaban J connectivity index is 1.51. The van der Waals surface area contributed by atoms with Gasteiger partial charge in [0.05, 0.1) is 5.71 Å². The van der Waals surface area contributed by atoms with Crippen LogP contribution in [0, 0.1) is 6.92 Å². The number of ether oxygens (including phenoxy) is 1. The lowest BCUT2D eigenvalue weighted by molar-refractivity contribution is 0.0698. The number of hydrazone groups is 1. The van der Waals surface area contributed by atoms with Gasteiger partial charge in [-0.05, 0) is 56.2 Å². The number of fused-ring (bicyclic) bond motifs is 1. The monoisotopic (exact) mass is 419 g/mol. The largest absolute Gasteiger partial charge is 0.453 e. The van der Waals surface area contributed by atoms with Crippen molar-refractivity contribution in [3.05, 3.63) is 83.3 Å². The number of anilines is 1. The minimum Gasteiger partial charge on any atom is -0.453 e. The summed E-state index contributed by atoms with van der Waals surface area (Å²) in [6.45, 7) is 1.85. The fourth-order valence-electron chi connectivity index (χ4n) is 3.42. The van der Waals surface area contributed by atoms with Gasteiger partial charge in [0, 0.05) is 23.2 Å². The molecular weight excluding hydrogens is 398 g/mol. The first-order chi connectivity index (χ1) is 14.6. The molecule has 3 aromatic rings. The Hall–Kier alpha value is -3.45. The van der Waals surface area contributed by atoms with Crippen LogP contribution in [0.1, 0.15) is 40.3 Å². The van der Waals surface area contributed by atoms with Crippen molar-refractivity contribution in [2.45, 2.75) is 26.2 Å². The Labute approximate surface area is 179 Å². The highest BCUT2D eigenvalue weighted by Crippen LogP contribution is 2.30. The molecule has 0 spiro atoms. The standard InChI is InChI=1S/C23H21N3O3S/c1-15-20-18(25-26-23(30)24-16-9-4-2-5-10-16)13-8-14-19(20)29-21(15)22(27)28-17-11-6-3-7-12-17/h2-7,9-12H,8,13-14H2,1H3,(H2,24,26,30)/b25-18+. The number of thiocarbonyl (C=S) groups is 1. The number of carbonyl (C=O) groups is 1. The number of nitrogens with zero attached hydrogens (tertiary/aromatic N) is 1. The van der Waals surface area contributed by atoms with E-state index in [4.69, 9.17) is 21.4 Å². The smallest absolute Gasteiger partial charge is 0.379 e. The van der Waals surface area contributed by atoms with Crippen LogP contribution in [0.3, 0.4) is 0 Å². The van der Waals surface area contributed by atoms with Crippen LogP contribution >= 0.6 is 12.2 Å². The number of carbonyl (C=O) groups excluding carboxylic acids is 1. The summed E-state index contributed by atoms with van der Waals surface area (Å²) < 4.78 is 11.3. The highest BCUT2D eigenvalue weighted by Gasteiger charge is 2.29. The van der Waals surface area contributed by atoms with E-state index in [1.54, 1.807) is 12.1 Å². The summed E-state index contributed by atoms with van der Waals surface area (Å²) in [4.78, 5) is 12.6. The van der Waals surface area contributed by atoms with E-state index in [2.05, 4.69) is 15.8 Å². The average molecular weight is 420 g/mol. The molecule has 30 heavy (non-hydrogen) atoms. The van der Waals surface area contributed by atoms with Crippen LogP contribution < -0.4 is 15.5 Å². The minimum atomic E-state index is -0.512. The van der Waals surface area contributed by atoms with E-state index in [0.717, 1.165) is 47.5 Å². The lowest BCUT2D eigenvalue weighted by atomic mass is 9.93. The quantitative estimate of drug-likeness (QED) is 0.273. The maximum absolute atomic E-state index is 12.6. The summed E-state index contributed by atoms with van der Waals surface area (Å²) in [5, 5.41) is 7.97. The SMILES string of the molecule is Cc1c(C(=O)Oc2ccccc2)oc2c1/C(=N/NC(=S)Nc1ccccc1)CCC2. The summed E-state index contributed by atoms with van der Waals surface area (Å²) in [6, 6.07) is 18.6. The number of furan rings is 1. The molecule has 6 nitrogen and oxygen atoms in total. The maximum atomic E-state index is 12.6. The first-order valence-corrected chi connectivity index (χ1v) is 10.1. The first kappa shape index (κ1) is 19.8. The number of rotatable bonds is 4. The predicted octanol–water partition coefficient (Wildman–Crippen LogP) is 4.83. The van der Waals surface area contributed by atoms with Gasteiger partial charge >= 0.3 is 5.97 Å². The van der Waals surface area contributed by atoms with Crippen LogP contribution in [0.5, 0.6) is 5.75 Å². The third kappa shape index (κ3) is 4.41. The number of esters is 1. The molecule has 0 unspecified atom stereocenters. The van der Waals surface area contributed by atoms with E-state index >= 15 is 0 Å². The lowest BCUT2D eigenvalue weighted by Crippen LogP contribution is -2.26. The van der Waals surface area contributed by atoms with Gasteiger partial charge in [-0.2, -0.15) is 5.10 Å². The Morgan fingerprint density at radius 1 is 1.07 bits per heavy atom. The molecule has 0 saturated carbocycles. The molecule has 0 bridgehead atoms. The van der Waals surface area contributed by atoms with Gasteiger partial charge in [0.2, 0.25) is 5.76 Å². The molecule has 0 atom stereocenters. The number of hydrogen-bond acceptors (Lipinski definition) is 5. The summed E-state index contributed by atoms with van der Waals surface area (Å²) >= 11 is 5.33. The molecule has 0 radical (unpaired) electrons. The average Bonchev–Trinajstić information content (AvgIpc) is 3.11. The molecule has 1 heterocycles. The molecule has 0 amide bonds. The van der Waals surface area contributed by atoms with Gasteiger partial charge in [0.25, 0.3) is 0 Å². The maximum Gasteiger partial charge on any atom is 0.379 e. The summed E-state index contributed by atoms with van der Waals surface area (Å²) in [6.07, 6.45) is 2.40. The van der Waals surface area contributed by atoms with Crippen LogP contribution in [-0.4, -0.2) is 16.8 Å². The van der Waals surface area contributed by atoms with Gasteiger partial charge < -0.3 is 14.5 Å². The zero-order chi connectivity index (χ0) is 20.9. The van der Waals surface area contributed by atoms with Crippen LogP contribution in [0.2, 0.25) is 0 Å². The third-order valence-electron chi connectivity index (χ3n) is 4.79. The molecule has 1 aliphatic carbocycles. The molecular formula is C23H21N3O3S. The lowest BCUT2D eigenvalue weighted by Gasteiger charge is -2.14. The van der Waals surface area contributed by atoms with Crippen molar-refractivity contribution in [1.82, 2.24) is 5.43 Å². The van der Waals surface area contributed by atoms with Crippen molar-refractivity contribution in [3.63, 3.8) is 0 Å². The van der Waals surface area contributed by atoms with Gasteiger partial charge in [-0.15, -0.1) is 0 Å². The van der Waals surface area contributed by atoms with Crippen molar-refractivity contribution in [2.75, 3.05) is 5.32 Å². The van der Waals surface area contributed by atoms with E-state index in [9.17, 15) is 4.79 Å². The molecule has 1 aliphatic rings. The van der Waals surface area contributed by atoms with Crippen molar-refractivity contribution in [1.29, 1.82) is 0 Å². The van der Waals surface area contributed by atoms with Crippen molar-refractivity contribution < 1.29 is 13.9 Å². The zero-order valence-corrected chi connectivity index (χ0v) is 17.3. The highest BCUT2D eigenvalue weighted by molar-refractivity contribution is 7.80. The van der Waals surface area contributed by atoms with Gasteiger partial charge in [-0.25, -0.2) is 4.79 Å². The molecule has 0 fully saturated rings. The van der Waals surface area contributed by atoms with Gasteiger partial charge in [-0.3, -0.25) is 5.43 Å². The van der Waals surface area contributed by atoms with Gasteiger partial charge in [0.1, 0.15) is 11.5 Å². The number of para-hydroxylation sites is 2. The van der Waals surface area contributed by atoms with Crippen molar-refractivity contribution in [2.24, 2.45) is 5.10 Å². The topological polar surface area (TPSA) is 75.9 Å². The van der Waals surface area contributed by atoms with Crippen LogP contribution in [0.4, 0.5) is 5.69 Å². The molecule has 7 heteroatoms. The molecule has 0 aliphatic heterocycles. The third-order valence-corrected chi connectivity index (χ3v) is 4.98. The van der Waals surface area contributed by atoms with Crippen LogP contribution in [0.25, 0.3) is 0 Å². The predicted molar refractivity (Wildman–Crippen MR) is 120 cm³/mol. The van der Waals surface area contributed by atoms with E-state index in [1.807, 2.05) is 55.5 Å². The Morgan fingerprint density at radius 3 is 2.50 bits per heavy atom. The first-order valence-electron chi connectivity index (χ1n) is 9.70. The van der Waals surface area contributed by atoms with Gasteiger partial charge in [0.15, 0.2) is 5.11 Å².